The number of piperidine rings is 1. The molecule has 3 rings (SSSR count). The topological polar surface area (TPSA) is 89.7 Å². The summed E-state index contributed by atoms with van der Waals surface area (Å²) < 4.78 is 5.59. The maximum Gasteiger partial charge on any atom is 0.248 e. The van der Waals surface area contributed by atoms with E-state index in [4.69, 9.17) is 10.5 Å². The van der Waals surface area contributed by atoms with Gasteiger partial charge in [-0.3, -0.25) is 19.3 Å². The Kier molecular flexibility index (Phi) is 5.06. The van der Waals surface area contributed by atoms with Crippen molar-refractivity contribution in [3.8, 4) is 5.75 Å². The first kappa shape index (κ1) is 17.5. The van der Waals surface area contributed by atoms with E-state index in [1.807, 2.05) is 0 Å². The van der Waals surface area contributed by atoms with E-state index >= 15 is 0 Å². The number of benzene rings is 1. The number of nitrogens with zero attached hydrogens (tertiary/aromatic N) is 1. The van der Waals surface area contributed by atoms with Crippen LogP contribution >= 0.6 is 0 Å². The lowest BCUT2D eigenvalue weighted by Crippen LogP contribution is -2.47. The van der Waals surface area contributed by atoms with E-state index in [9.17, 15) is 14.4 Å². The Hall–Kier alpha value is -2.37. The Balaban J connectivity index is 1.45. The van der Waals surface area contributed by atoms with Crippen LogP contribution in [0.4, 0.5) is 0 Å². The van der Waals surface area contributed by atoms with Gasteiger partial charge in [0.25, 0.3) is 0 Å². The van der Waals surface area contributed by atoms with Gasteiger partial charge in [-0.15, -0.1) is 0 Å². The van der Waals surface area contributed by atoms with Crippen molar-refractivity contribution in [1.82, 2.24) is 4.90 Å². The fraction of sp³-hybridized carbons (Fsp3) is 0.526. The lowest BCUT2D eigenvalue weighted by Gasteiger charge is -2.37. The van der Waals surface area contributed by atoms with E-state index in [0.717, 1.165) is 25.7 Å². The van der Waals surface area contributed by atoms with Crippen molar-refractivity contribution >= 4 is 17.7 Å². The monoisotopic (exact) mass is 344 g/mol. The molecule has 134 valence electrons. The highest BCUT2D eigenvalue weighted by Gasteiger charge is 2.44. The molecular formula is C19H24N2O4. The van der Waals surface area contributed by atoms with Crippen molar-refractivity contribution in [1.29, 1.82) is 0 Å². The van der Waals surface area contributed by atoms with E-state index in [-0.39, 0.29) is 17.2 Å². The predicted molar refractivity (Wildman–Crippen MR) is 91.9 cm³/mol. The zero-order valence-electron chi connectivity index (χ0n) is 14.3. The summed E-state index contributed by atoms with van der Waals surface area (Å²) in [6.45, 7) is 0.797. The van der Waals surface area contributed by atoms with Gasteiger partial charge in [0.2, 0.25) is 17.7 Å². The van der Waals surface area contributed by atoms with Crippen LogP contribution in [0, 0.1) is 5.41 Å². The summed E-state index contributed by atoms with van der Waals surface area (Å²) in [6.07, 6.45) is 5.86. The van der Waals surface area contributed by atoms with Gasteiger partial charge in [-0.25, -0.2) is 0 Å². The van der Waals surface area contributed by atoms with Crippen molar-refractivity contribution in [2.45, 2.75) is 44.9 Å². The third kappa shape index (κ3) is 4.00. The Bertz CT molecular complexity index is 643. The molecule has 1 aliphatic heterocycles. The highest BCUT2D eigenvalue weighted by molar-refractivity contribution is 5.98. The number of carbonyl (C=O) groups is 3. The average Bonchev–Trinajstić information content (AvgIpc) is 3.01. The van der Waals surface area contributed by atoms with E-state index in [2.05, 4.69) is 0 Å². The van der Waals surface area contributed by atoms with Crippen LogP contribution in [0.2, 0.25) is 0 Å². The van der Waals surface area contributed by atoms with Gasteiger partial charge in [0.15, 0.2) is 0 Å². The summed E-state index contributed by atoms with van der Waals surface area (Å²) in [7, 11) is 0. The van der Waals surface area contributed by atoms with Crippen LogP contribution in [0.3, 0.4) is 0 Å². The first-order chi connectivity index (χ1) is 12.0. The number of hydrogen-bond acceptors (Lipinski definition) is 4. The van der Waals surface area contributed by atoms with Crippen LogP contribution in [0.15, 0.2) is 24.3 Å². The highest BCUT2D eigenvalue weighted by atomic mass is 16.5. The smallest absolute Gasteiger partial charge is 0.248 e. The molecule has 1 saturated heterocycles. The number of ether oxygens (including phenoxy) is 1. The van der Waals surface area contributed by atoms with Crippen molar-refractivity contribution in [3.05, 3.63) is 29.8 Å². The van der Waals surface area contributed by atoms with Crippen molar-refractivity contribution in [2.24, 2.45) is 11.1 Å². The van der Waals surface area contributed by atoms with Crippen molar-refractivity contribution in [3.63, 3.8) is 0 Å². The largest absolute Gasteiger partial charge is 0.494 e. The van der Waals surface area contributed by atoms with Gasteiger partial charge in [-0.2, -0.15) is 0 Å². The first-order valence-electron chi connectivity index (χ1n) is 8.85. The van der Waals surface area contributed by atoms with Gasteiger partial charge in [-0.05, 0) is 48.9 Å². The molecule has 0 unspecified atom stereocenters. The minimum Gasteiger partial charge on any atom is -0.494 e. The molecule has 0 atom stereocenters. The van der Waals surface area contributed by atoms with E-state index in [1.54, 1.807) is 24.3 Å². The van der Waals surface area contributed by atoms with Gasteiger partial charge in [0.05, 0.1) is 6.61 Å². The van der Waals surface area contributed by atoms with E-state index in [0.29, 0.717) is 43.7 Å². The molecule has 0 bridgehead atoms. The predicted octanol–water partition coefficient (Wildman–Crippen LogP) is 2.26. The molecule has 1 spiro atoms. The third-order valence-corrected chi connectivity index (χ3v) is 5.25. The molecule has 2 fully saturated rings. The number of rotatable bonds is 6. The van der Waals surface area contributed by atoms with Crippen LogP contribution in [-0.4, -0.2) is 35.8 Å². The maximum absolute atomic E-state index is 12.4. The lowest BCUT2D eigenvalue weighted by atomic mass is 9.76. The van der Waals surface area contributed by atoms with Crippen LogP contribution < -0.4 is 10.5 Å². The molecule has 2 aliphatic rings. The number of carbonyl (C=O) groups excluding carboxylic acids is 3. The Morgan fingerprint density at radius 1 is 1.08 bits per heavy atom. The molecule has 1 aromatic rings. The first-order valence-corrected chi connectivity index (χ1v) is 8.85. The molecule has 3 amide bonds. The summed E-state index contributed by atoms with van der Waals surface area (Å²) in [5.41, 5.74) is 5.56. The van der Waals surface area contributed by atoms with Gasteiger partial charge in [0, 0.05) is 24.9 Å². The summed E-state index contributed by atoms with van der Waals surface area (Å²) in [6, 6.07) is 6.58. The second-order valence-electron chi connectivity index (χ2n) is 7.09. The zero-order valence-corrected chi connectivity index (χ0v) is 14.3. The number of likely N-dealkylation sites (tertiary alicyclic amines) is 1. The molecule has 25 heavy (non-hydrogen) atoms. The number of nitrogens with two attached hydrogens (primary N) is 1. The summed E-state index contributed by atoms with van der Waals surface area (Å²) in [5, 5.41) is 0. The lowest BCUT2D eigenvalue weighted by molar-refractivity contribution is -0.153. The summed E-state index contributed by atoms with van der Waals surface area (Å²) in [4.78, 5) is 37.1. The number of amides is 3. The molecule has 0 aromatic heterocycles. The Morgan fingerprint density at radius 3 is 2.24 bits per heavy atom. The number of primary amides is 1. The Labute approximate surface area is 147 Å². The Morgan fingerprint density at radius 2 is 1.68 bits per heavy atom. The highest BCUT2D eigenvalue weighted by Crippen LogP contribution is 2.46. The van der Waals surface area contributed by atoms with Crippen LogP contribution in [0.25, 0.3) is 0 Å². The quantitative estimate of drug-likeness (QED) is 0.633. The minimum absolute atomic E-state index is 0.0380. The van der Waals surface area contributed by atoms with Gasteiger partial charge < -0.3 is 10.5 Å². The van der Waals surface area contributed by atoms with Crippen molar-refractivity contribution in [2.75, 3.05) is 13.2 Å². The molecule has 1 aliphatic carbocycles. The van der Waals surface area contributed by atoms with Gasteiger partial charge >= 0.3 is 0 Å². The molecule has 1 aromatic carbocycles. The SMILES string of the molecule is NC(=O)c1ccc(OCCCN2C(=O)CC3(CCCC3)CC2=O)cc1. The molecular weight excluding hydrogens is 320 g/mol. The fourth-order valence-electron chi connectivity index (χ4n) is 3.89. The van der Waals surface area contributed by atoms with E-state index in [1.165, 1.54) is 4.90 Å². The summed E-state index contributed by atoms with van der Waals surface area (Å²) >= 11 is 0. The molecule has 2 N–H and O–H groups in total. The third-order valence-electron chi connectivity index (χ3n) is 5.25. The van der Waals surface area contributed by atoms with Crippen molar-refractivity contribution < 1.29 is 19.1 Å². The number of hydrogen-bond donors (Lipinski definition) is 1. The van der Waals surface area contributed by atoms with Gasteiger partial charge in [-0.1, -0.05) is 12.8 Å². The van der Waals surface area contributed by atoms with Crippen LogP contribution in [-0.2, 0) is 9.59 Å². The van der Waals surface area contributed by atoms with Gasteiger partial charge in [0.1, 0.15) is 5.75 Å². The normalized spacial score (nSPS) is 19.4. The van der Waals surface area contributed by atoms with Crippen LogP contribution in [0.5, 0.6) is 5.75 Å². The molecule has 6 nitrogen and oxygen atoms in total. The van der Waals surface area contributed by atoms with Crippen LogP contribution in [0.1, 0.15) is 55.3 Å². The number of imide groups is 1. The molecule has 6 heteroatoms. The molecule has 1 heterocycles. The van der Waals surface area contributed by atoms with E-state index < -0.39 is 5.91 Å². The molecule has 0 radical (unpaired) electrons. The fourth-order valence-corrected chi connectivity index (χ4v) is 3.89. The maximum atomic E-state index is 12.4. The second kappa shape index (κ2) is 7.25. The standard InChI is InChI=1S/C19H24N2O4/c20-18(24)14-4-6-15(7-5-14)25-11-3-10-21-16(22)12-19(13-17(21)23)8-1-2-9-19/h4-7H,1-3,8-13H2,(H2,20,24). The zero-order chi connectivity index (χ0) is 17.9. The second-order valence-corrected chi connectivity index (χ2v) is 7.09. The summed E-state index contributed by atoms with van der Waals surface area (Å²) in [5.74, 6) is 0.0767. The minimum atomic E-state index is -0.478. The molecule has 1 saturated carbocycles. The average molecular weight is 344 g/mol.